The highest BCUT2D eigenvalue weighted by atomic mass is 16.5. The number of ether oxygens (including phenoxy) is 2. The van der Waals surface area contributed by atoms with Crippen LogP contribution in [0.2, 0.25) is 0 Å². The lowest BCUT2D eigenvalue weighted by atomic mass is 10.1. The van der Waals surface area contributed by atoms with E-state index in [1.165, 1.54) is 0 Å². The predicted octanol–water partition coefficient (Wildman–Crippen LogP) is 2.55. The summed E-state index contributed by atoms with van der Waals surface area (Å²) >= 11 is 0. The van der Waals surface area contributed by atoms with Crippen molar-refractivity contribution in [2.45, 2.75) is 25.8 Å². The van der Waals surface area contributed by atoms with Gasteiger partial charge in [0.15, 0.2) is 17.0 Å². The van der Waals surface area contributed by atoms with Crippen LogP contribution in [0.1, 0.15) is 19.3 Å². The first kappa shape index (κ1) is 18.6. The van der Waals surface area contributed by atoms with E-state index in [2.05, 4.69) is 27.1 Å². The number of aromatic nitrogens is 4. The Hall–Kier alpha value is -3.18. The molecule has 2 aromatic heterocycles. The van der Waals surface area contributed by atoms with E-state index in [4.69, 9.17) is 15.2 Å². The Morgan fingerprint density at radius 2 is 2.07 bits per heavy atom. The fourth-order valence-electron chi connectivity index (χ4n) is 2.73. The summed E-state index contributed by atoms with van der Waals surface area (Å²) in [6, 6.07) is 2.41. The van der Waals surface area contributed by atoms with Crippen LogP contribution in [-0.4, -0.2) is 39.8 Å². The number of hydrogen-bond donors (Lipinski definition) is 1. The van der Waals surface area contributed by atoms with E-state index in [0.29, 0.717) is 36.5 Å². The molecule has 0 unspecified atom stereocenters. The number of hydrogen-bond acceptors (Lipinski definition) is 7. The lowest BCUT2D eigenvalue weighted by Gasteiger charge is -2.08. The molecular formula is C19H22N6O2. The third kappa shape index (κ3) is 4.71. The van der Waals surface area contributed by atoms with E-state index in [-0.39, 0.29) is 11.8 Å². The van der Waals surface area contributed by atoms with Crippen molar-refractivity contribution in [1.29, 1.82) is 5.26 Å². The van der Waals surface area contributed by atoms with Crippen molar-refractivity contribution in [3.8, 4) is 12.1 Å². The Bertz CT molecular complexity index is 936. The van der Waals surface area contributed by atoms with E-state index in [9.17, 15) is 5.26 Å². The first-order chi connectivity index (χ1) is 13.2. The molecular weight excluding hydrogens is 344 g/mol. The molecule has 0 saturated heterocycles. The smallest absolute Gasteiger partial charge is 0.320 e. The maximum atomic E-state index is 9.18. The lowest BCUT2D eigenvalue weighted by molar-refractivity contribution is 0.141. The summed E-state index contributed by atoms with van der Waals surface area (Å²) in [5, 5.41) is 9.18. The van der Waals surface area contributed by atoms with E-state index >= 15 is 0 Å². The minimum atomic E-state index is 0.201. The molecule has 8 nitrogen and oxygen atoms in total. The van der Waals surface area contributed by atoms with Crippen LogP contribution >= 0.6 is 0 Å². The molecule has 8 heteroatoms. The highest BCUT2D eigenvalue weighted by molar-refractivity contribution is 5.82. The number of allylic oxidation sites excluding steroid dienone is 6. The number of rotatable bonds is 6. The monoisotopic (exact) mass is 366 g/mol. The van der Waals surface area contributed by atoms with Gasteiger partial charge in [0.1, 0.15) is 6.61 Å². The molecule has 0 spiro atoms. The molecule has 0 bridgehead atoms. The molecule has 140 valence electrons. The van der Waals surface area contributed by atoms with Gasteiger partial charge in [0, 0.05) is 12.7 Å². The molecule has 3 rings (SSSR count). The summed E-state index contributed by atoms with van der Waals surface area (Å²) in [6.45, 7) is 1.35. The summed E-state index contributed by atoms with van der Waals surface area (Å²) in [4.78, 5) is 12.9. The largest absolute Gasteiger partial charge is 0.461 e. The van der Waals surface area contributed by atoms with Gasteiger partial charge in [-0.1, -0.05) is 18.2 Å². The number of fused-ring (bicyclic) bond motifs is 1. The highest BCUT2D eigenvalue weighted by Crippen LogP contribution is 2.21. The molecule has 2 heterocycles. The van der Waals surface area contributed by atoms with Gasteiger partial charge in [0.2, 0.25) is 0 Å². The minimum Gasteiger partial charge on any atom is -0.461 e. The van der Waals surface area contributed by atoms with Crippen LogP contribution in [0.5, 0.6) is 6.01 Å². The Kier molecular flexibility index (Phi) is 6.18. The molecule has 0 saturated carbocycles. The van der Waals surface area contributed by atoms with Crippen molar-refractivity contribution in [3.05, 3.63) is 41.8 Å². The highest BCUT2D eigenvalue weighted by Gasteiger charge is 2.13. The normalized spacial score (nSPS) is 16.6. The third-order valence-corrected chi connectivity index (χ3v) is 4.13. The Balaban J connectivity index is 1.86. The molecule has 2 aromatic rings. The number of nitrogens with zero attached hydrogens (tertiary/aromatic N) is 5. The van der Waals surface area contributed by atoms with Gasteiger partial charge in [0.25, 0.3) is 0 Å². The number of methoxy groups -OCH3 is 1. The average molecular weight is 366 g/mol. The maximum absolute atomic E-state index is 9.18. The Morgan fingerprint density at radius 3 is 2.89 bits per heavy atom. The van der Waals surface area contributed by atoms with Gasteiger partial charge >= 0.3 is 6.01 Å². The fourth-order valence-corrected chi connectivity index (χ4v) is 2.73. The van der Waals surface area contributed by atoms with Crippen molar-refractivity contribution in [2.75, 3.05) is 26.1 Å². The van der Waals surface area contributed by atoms with Crippen molar-refractivity contribution in [2.24, 2.45) is 0 Å². The Labute approximate surface area is 157 Å². The van der Waals surface area contributed by atoms with Crippen molar-refractivity contribution in [3.63, 3.8) is 0 Å². The summed E-state index contributed by atoms with van der Waals surface area (Å²) in [5.41, 5.74) is 8.91. The summed E-state index contributed by atoms with van der Waals surface area (Å²) in [5.74, 6) is 0.278. The van der Waals surface area contributed by atoms with Crippen LogP contribution in [0, 0.1) is 11.3 Å². The standard InChI is InChI=1S/C19H22N6O2/c1-26-9-10-27-19-23-17(21)16-18(24-19)25(13-22-16)12-15-6-4-2-3-5-14(11-20)7-8-15/h5-8,13H,2-4,9-10,12H2,1H3,(H2,21,23,24)/b8-7?,14-5-,15-6?. The van der Waals surface area contributed by atoms with Crippen LogP contribution in [0.25, 0.3) is 11.2 Å². The number of nitrogens with two attached hydrogens (primary N) is 1. The zero-order chi connectivity index (χ0) is 19.1. The van der Waals surface area contributed by atoms with Gasteiger partial charge in [-0.05, 0) is 30.9 Å². The topological polar surface area (TPSA) is 112 Å². The molecule has 0 radical (unpaired) electrons. The van der Waals surface area contributed by atoms with Gasteiger partial charge in [-0.25, -0.2) is 4.98 Å². The average Bonchev–Trinajstić information content (AvgIpc) is 3.10. The van der Waals surface area contributed by atoms with E-state index in [1.807, 2.05) is 22.8 Å². The molecule has 0 amide bonds. The third-order valence-electron chi connectivity index (χ3n) is 4.13. The van der Waals surface area contributed by atoms with E-state index < -0.39 is 0 Å². The van der Waals surface area contributed by atoms with Crippen LogP contribution in [0.15, 0.2) is 41.8 Å². The molecule has 0 fully saturated rings. The summed E-state index contributed by atoms with van der Waals surface area (Å²) in [6.07, 6.45) is 12.5. The van der Waals surface area contributed by atoms with Crippen molar-refractivity contribution >= 4 is 17.0 Å². The van der Waals surface area contributed by atoms with E-state index in [0.717, 1.165) is 24.8 Å². The zero-order valence-corrected chi connectivity index (χ0v) is 15.3. The zero-order valence-electron chi connectivity index (χ0n) is 15.3. The van der Waals surface area contributed by atoms with Crippen molar-refractivity contribution in [1.82, 2.24) is 19.5 Å². The quantitative estimate of drug-likeness (QED) is 0.782. The molecule has 2 N–H and O–H groups in total. The van der Waals surface area contributed by atoms with Crippen LogP contribution in [0.4, 0.5) is 5.82 Å². The summed E-state index contributed by atoms with van der Waals surface area (Å²) in [7, 11) is 1.60. The Morgan fingerprint density at radius 1 is 1.22 bits per heavy atom. The van der Waals surface area contributed by atoms with Crippen LogP contribution in [0.3, 0.4) is 0 Å². The van der Waals surface area contributed by atoms with Crippen LogP contribution < -0.4 is 10.5 Å². The number of nitrogen functional groups attached to an aromatic ring is 1. The number of anilines is 1. The first-order valence-corrected chi connectivity index (χ1v) is 8.78. The van der Waals surface area contributed by atoms with Gasteiger partial charge in [-0.2, -0.15) is 15.2 Å². The van der Waals surface area contributed by atoms with E-state index in [1.54, 1.807) is 13.4 Å². The second-order valence-electron chi connectivity index (χ2n) is 6.09. The summed E-state index contributed by atoms with van der Waals surface area (Å²) < 4.78 is 12.4. The molecule has 1 aliphatic carbocycles. The second-order valence-corrected chi connectivity index (χ2v) is 6.09. The number of nitriles is 1. The van der Waals surface area contributed by atoms with Gasteiger partial charge in [0.05, 0.1) is 25.5 Å². The molecule has 0 atom stereocenters. The SMILES string of the molecule is COCCOc1nc(N)c2ncn(CC3=CCCC/C=C(\C#N)C=C3)c2n1. The van der Waals surface area contributed by atoms with Gasteiger partial charge in [-0.15, -0.1) is 0 Å². The van der Waals surface area contributed by atoms with Crippen LogP contribution in [-0.2, 0) is 11.3 Å². The van der Waals surface area contributed by atoms with Gasteiger partial charge < -0.3 is 19.8 Å². The molecule has 0 aliphatic heterocycles. The molecule has 1 aliphatic rings. The molecule has 0 aromatic carbocycles. The second kappa shape index (κ2) is 8.96. The molecule has 27 heavy (non-hydrogen) atoms. The lowest BCUT2D eigenvalue weighted by Crippen LogP contribution is -2.09. The first-order valence-electron chi connectivity index (χ1n) is 8.78. The maximum Gasteiger partial charge on any atom is 0.320 e. The fraction of sp³-hybridized carbons (Fsp3) is 0.368. The van der Waals surface area contributed by atoms with Crippen molar-refractivity contribution < 1.29 is 9.47 Å². The number of imidazole rings is 1. The predicted molar refractivity (Wildman–Crippen MR) is 102 cm³/mol. The minimum absolute atomic E-state index is 0.201. The van der Waals surface area contributed by atoms with Gasteiger partial charge in [-0.3, -0.25) is 0 Å².